The summed E-state index contributed by atoms with van der Waals surface area (Å²) in [7, 11) is 1.36. The molecule has 0 radical (unpaired) electrons. The van der Waals surface area contributed by atoms with Crippen LogP contribution in [0.25, 0.3) is 0 Å². The summed E-state index contributed by atoms with van der Waals surface area (Å²) in [5, 5.41) is 0. The van der Waals surface area contributed by atoms with Crippen LogP contribution >= 0.6 is 0 Å². The standard InChI is InChI=1S/C24H34F2O3.C3H8/c1-5-7-8-20-12-10-18(16-29-20)15-28-19(6-2)11-9-17(3)21-13-14-22(27-4)24(26)23(21)25;1-3-2/h5,9,11,18,20H,1,6-8,10,12-16H2,2-4H3;3H2,1-2H3/b17-9+,19-11+;. The van der Waals surface area contributed by atoms with E-state index in [-0.39, 0.29) is 5.76 Å². The first-order valence-electron chi connectivity index (χ1n) is 12.0. The van der Waals surface area contributed by atoms with Gasteiger partial charge in [0.25, 0.3) is 0 Å². The Hall–Kier alpha value is -1.88. The SMILES string of the molecule is C=CCCC1CCC(CO/C(=C/C=C(\C)C2=C(F)C(F)=C(OC)CC2)CC)CO1.CCC. The van der Waals surface area contributed by atoms with Gasteiger partial charge >= 0.3 is 0 Å². The van der Waals surface area contributed by atoms with Gasteiger partial charge in [-0.3, -0.25) is 0 Å². The Kier molecular flexibility index (Phi) is 13.9. The third kappa shape index (κ3) is 9.32. The Labute approximate surface area is 193 Å². The van der Waals surface area contributed by atoms with Gasteiger partial charge in [0, 0.05) is 18.8 Å². The Bertz CT molecular complexity index is 696. The molecule has 0 aromatic carbocycles. The van der Waals surface area contributed by atoms with Gasteiger partial charge < -0.3 is 14.2 Å². The summed E-state index contributed by atoms with van der Waals surface area (Å²) in [5.74, 6) is -0.405. The number of hydrogen-bond acceptors (Lipinski definition) is 3. The zero-order valence-corrected chi connectivity index (χ0v) is 20.6. The van der Waals surface area contributed by atoms with Crippen LogP contribution < -0.4 is 0 Å². The van der Waals surface area contributed by atoms with Crippen molar-refractivity contribution >= 4 is 0 Å². The quantitative estimate of drug-likeness (QED) is 0.190. The van der Waals surface area contributed by atoms with Crippen LogP contribution in [-0.4, -0.2) is 26.4 Å². The first kappa shape index (κ1) is 28.2. The lowest BCUT2D eigenvalue weighted by Gasteiger charge is -2.29. The summed E-state index contributed by atoms with van der Waals surface area (Å²) < 4.78 is 45.1. The molecule has 3 nitrogen and oxygen atoms in total. The average Bonchev–Trinajstić information content (AvgIpc) is 2.80. The minimum absolute atomic E-state index is 0.0774. The van der Waals surface area contributed by atoms with Gasteiger partial charge in [0.1, 0.15) is 5.76 Å². The first-order valence-corrected chi connectivity index (χ1v) is 12.0. The highest BCUT2D eigenvalue weighted by atomic mass is 19.2. The summed E-state index contributed by atoms with van der Waals surface area (Å²) in [4.78, 5) is 0. The van der Waals surface area contributed by atoms with Crippen LogP contribution in [0.15, 0.2) is 59.1 Å². The Morgan fingerprint density at radius 1 is 1.12 bits per heavy atom. The van der Waals surface area contributed by atoms with Crippen molar-refractivity contribution in [2.24, 2.45) is 5.92 Å². The van der Waals surface area contributed by atoms with Crippen molar-refractivity contribution in [2.75, 3.05) is 20.3 Å². The summed E-state index contributed by atoms with van der Waals surface area (Å²) in [6, 6.07) is 0. The van der Waals surface area contributed by atoms with Crippen molar-refractivity contribution < 1.29 is 23.0 Å². The molecule has 5 heteroatoms. The van der Waals surface area contributed by atoms with Crippen LogP contribution in [0.2, 0.25) is 0 Å². The molecule has 1 heterocycles. The zero-order valence-electron chi connectivity index (χ0n) is 20.6. The lowest BCUT2D eigenvalue weighted by Crippen LogP contribution is -2.28. The van der Waals surface area contributed by atoms with E-state index in [9.17, 15) is 8.78 Å². The fourth-order valence-corrected chi connectivity index (χ4v) is 3.61. The van der Waals surface area contributed by atoms with Crippen molar-refractivity contribution in [1.29, 1.82) is 0 Å². The number of hydrogen-bond donors (Lipinski definition) is 0. The molecule has 0 spiro atoms. The van der Waals surface area contributed by atoms with E-state index in [1.54, 1.807) is 6.92 Å². The van der Waals surface area contributed by atoms with Gasteiger partial charge in [0.15, 0.2) is 11.7 Å². The predicted octanol–water partition coefficient (Wildman–Crippen LogP) is 8.27. The van der Waals surface area contributed by atoms with Crippen molar-refractivity contribution in [3.63, 3.8) is 0 Å². The van der Waals surface area contributed by atoms with E-state index in [2.05, 4.69) is 20.4 Å². The normalized spacial score (nSPS) is 22.3. The zero-order chi connectivity index (χ0) is 23.9. The summed E-state index contributed by atoms with van der Waals surface area (Å²) >= 11 is 0. The molecule has 0 N–H and O–H groups in total. The van der Waals surface area contributed by atoms with Gasteiger partial charge in [-0.1, -0.05) is 39.3 Å². The second-order valence-corrected chi connectivity index (χ2v) is 8.35. The largest absolute Gasteiger partial charge is 0.498 e. The fourth-order valence-electron chi connectivity index (χ4n) is 3.61. The number of allylic oxidation sites excluding steroid dienone is 9. The van der Waals surface area contributed by atoms with E-state index in [0.717, 1.165) is 44.5 Å². The van der Waals surface area contributed by atoms with Gasteiger partial charge in [-0.2, -0.15) is 0 Å². The first-order chi connectivity index (χ1) is 15.4. The molecule has 32 heavy (non-hydrogen) atoms. The van der Waals surface area contributed by atoms with Crippen LogP contribution in [0.1, 0.15) is 79.1 Å². The molecule has 1 fully saturated rings. The van der Waals surface area contributed by atoms with Gasteiger partial charge in [-0.15, -0.1) is 6.58 Å². The minimum atomic E-state index is -0.888. The second-order valence-electron chi connectivity index (χ2n) is 8.35. The molecule has 0 bridgehead atoms. The maximum atomic E-state index is 14.3. The van der Waals surface area contributed by atoms with Crippen molar-refractivity contribution in [1.82, 2.24) is 0 Å². The molecule has 0 aromatic heterocycles. The van der Waals surface area contributed by atoms with E-state index in [0.29, 0.717) is 42.6 Å². The molecular formula is C27H42F2O3. The smallest absolute Gasteiger partial charge is 0.196 e. The lowest BCUT2D eigenvalue weighted by atomic mass is 9.95. The molecule has 2 unspecified atom stereocenters. The van der Waals surface area contributed by atoms with Gasteiger partial charge in [0.05, 0.1) is 32.2 Å². The number of rotatable bonds is 10. The molecule has 0 saturated carbocycles. The highest BCUT2D eigenvalue weighted by molar-refractivity contribution is 5.43. The van der Waals surface area contributed by atoms with Crippen LogP contribution in [-0.2, 0) is 14.2 Å². The Morgan fingerprint density at radius 2 is 1.84 bits per heavy atom. The third-order valence-electron chi connectivity index (χ3n) is 5.56. The average molecular weight is 453 g/mol. The van der Waals surface area contributed by atoms with Gasteiger partial charge in [0.2, 0.25) is 0 Å². The Morgan fingerprint density at radius 3 is 2.41 bits per heavy atom. The van der Waals surface area contributed by atoms with Crippen LogP contribution in [0.3, 0.4) is 0 Å². The second kappa shape index (κ2) is 15.8. The molecule has 2 aliphatic rings. The third-order valence-corrected chi connectivity index (χ3v) is 5.56. The van der Waals surface area contributed by atoms with E-state index in [1.165, 1.54) is 13.5 Å². The minimum Gasteiger partial charge on any atom is -0.498 e. The van der Waals surface area contributed by atoms with Crippen LogP contribution in [0.5, 0.6) is 0 Å². The monoisotopic (exact) mass is 452 g/mol. The van der Waals surface area contributed by atoms with Gasteiger partial charge in [-0.25, -0.2) is 8.78 Å². The number of methoxy groups -OCH3 is 1. The van der Waals surface area contributed by atoms with Crippen molar-refractivity contribution in [3.05, 3.63) is 59.1 Å². The highest BCUT2D eigenvalue weighted by Crippen LogP contribution is 2.35. The molecule has 1 aliphatic heterocycles. The molecule has 2 atom stereocenters. The topological polar surface area (TPSA) is 27.7 Å². The summed E-state index contributed by atoms with van der Waals surface area (Å²) in [6.45, 7) is 13.2. The molecule has 1 aliphatic carbocycles. The molecule has 0 aromatic rings. The molecule has 182 valence electrons. The van der Waals surface area contributed by atoms with E-state index < -0.39 is 11.7 Å². The van der Waals surface area contributed by atoms with Crippen molar-refractivity contribution in [2.45, 2.75) is 85.2 Å². The predicted molar refractivity (Wildman–Crippen MR) is 128 cm³/mol. The summed E-state index contributed by atoms with van der Waals surface area (Å²) in [6.07, 6.45) is 12.9. The number of ether oxygens (including phenoxy) is 3. The molecule has 1 saturated heterocycles. The molecule has 0 amide bonds. The van der Waals surface area contributed by atoms with Crippen LogP contribution in [0.4, 0.5) is 8.78 Å². The van der Waals surface area contributed by atoms with Gasteiger partial charge in [-0.05, 0) is 56.3 Å². The van der Waals surface area contributed by atoms with Crippen LogP contribution in [0, 0.1) is 5.92 Å². The maximum absolute atomic E-state index is 14.3. The van der Waals surface area contributed by atoms with E-state index >= 15 is 0 Å². The van der Waals surface area contributed by atoms with E-state index in [1.807, 2.05) is 25.2 Å². The number of halogens is 2. The lowest BCUT2D eigenvalue weighted by molar-refractivity contribution is -0.0370. The fraction of sp³-hybridized carbons (Fsp3) is 0.630. The highest BCUT2D eigenvalue weighted by Gasteiger charge is 2.24. The van der Waals surface area contributed by atoms with E-state index in [4.69, 9.17) is 14.2 Å². The molecule has 2 rings (SSSR count). The van der Waals surface area contributed by atoms with Crippen molar-refractivity contribution in [3.8, 4) is 0 Å². The molecular weight excluding hydrogens is 410 g/mol. The summed E-state index contributed by atoms with van der Waals surface area (Å²) in [5.41, 5.74) is 1.09. The maximum Gasteiger partial charge on any atom is 0.196 e. The Balaban J connectivity index is 0.00000161.